The van der Waals surface area contributed by atoms with Gasteiger partial charge >= 0.3 is 12.1 Å². The number of ether oxygens (including phenoxy) is 4. The summed E-state index contributed by atoms with van der Waals surface area (Å²) in [6, 6.07) is 6.53. The standard InChI is InChI=1S/C20H25F3N2O6Si/c1-19(32,12-30-9-8-16(26)29-3)31-15-10-24-25(18(27)17(15)20(21,22)23)11-13-4-6-14(28-2)7-5-13/h4-7,10H,8-9,11-12H2,1-3,32H3. The molecule has 0 aliphatic carbocycles. The summed E-state index contributed by atoms with van der Waals surface area (Å²) in [5.41, 5.74) is -2.17. The first-order chi connectivity index (χ1) is 15.0. The van der Waals surface area contributed by atoms with Crippen LogP contribution >= 0.6 is 0 Å². The van der Waals surface area contributed by atoms with Crippen molar-refractivity contribution in [3.8, 4) is 11.5 Å². The lowest BCUT2D eigenvalue weighted by molar-refractivity contribution is -0.143. The fraction of sp³-hybridized carbons (Fsp3) is 0.450. The summed E-state index contributed by atoms with van der Waals surface area (Å²) >= 11 is 0. The topological polar surface area (TPSA) is 88.9 Å². The van der Waals surface area contributed by atoms with Crippen molar-refractivity contribution in [2.75, 3.05) is 27.4 Å². The Labute approximate surface area is 185 Å². The van der Waals surface area contributed by atoms with Crippen molar-refractivity contribution in [3.63, 3.8) is 0 Å². The molecular weight excluding hydrogens is 449 g/mol. The van der Waals surface area contributed by atoms with Crippen LogP contribution in [0.1, 0.15) is 24.5 Å². The average Bonchev–Trinajstić information content (AvgIpc) is 2.72. The van der Waals surface area contributed by atoms with Crippen LogP contribution in [0.15, 0.2) is 35.3 Å². The minimum atomic E-state index is -4.94. The second-order valence-electron chi connectivity index (χ2n) is 7.43. The lowest BCUT2D eigenvalue weighted by Gasteiger charge is -2.28. The number of esters is 1. The second-order valence-corrected chi connectivity index (χ2v) is 9.55. The van der Waals surface area contributed by atoms with E-state index >= 15 is 0 Å². The largest absolute Gasteiger partial charge is 0.497 e. The summed E-state index contributed by atoms with van der Waals surface area (Å²) in [7, 11) is 3.01. The average molecular weight is 475 g/mol. The first-order valence-electron chi connectivity index (χ1n) is 9.60. The molecule has 0 radical (unpaired) electrons. The number of methoxy groups -OCH3 is 2. The summed E-state index contributed by atoms with van der Waals surface area (Å²) in [4.78, 5) is 23.7. The molecule has 1 atom stereocenters. The summed E-state index contributed by atoms with van der Waals surface area (Å²) in [6.45, 7) is 1.37. The third-order valence-corrected chi connectivity index (χ3v) is 4.79. The third-order valence-electron chi connectivity index (χ3n) is 4.30. The molecule has 0 spiro atoms. The van der Waals surface area contributed by atoms with Gasteiger partial charge in [-0.1, -0.05) is 12.1 Å². The van der Waals surface area contributed by atoms with E-state index in [0.717, 1.165) is 10.9 Å². The Morgan fingerprint density at radius 1 is 1.19 bits per heavy atom. The first kappa shape index (κ1) is 25.4. The van der Waals surface area contributed by atoms with E-state index in [2.05, 4.69) is 9.84 Å². The Morgan fingerprint density at radius 2 is 1.84 bits per heavy atom. The summed E-state index contributed by atoms with van der Waals surface area (Å²) in [5.74, 6) is -0.554. The zero-order valence-corrected chi connectivity index (χ0v) is 20.2. The van der Waals surface area contributed by atoms with E-state index in [9.17, 15) is 22.8 Å². The smallest absolute Gasteiger partial charge is 0.425 e. The summed E-state index contributed by atoms with van der Waals surface area (Å²) < 4.78 is 62.3. The number of alkyl halides is 3. The van der Waals surface area contributed by atoms with Crippen LogP contribution in [0.3, 0.4) is 0 Å². The van der Waals surface area contributed by atoms with Crippen molar-refractivity contribution in [1.29, 1.82) is 0 Å². The highest BCUT2D eigenvalue weighted by Crippen LogP contribution is 2.34. The molecule has 0 fully saturated rings. The van der Waals surface area contributed by atoms with Gasteiger partial charge < -0.3 is 18.9 Å². The van der Waals surface area contributed by atoms with E-state index in [0.29, 0.717) is 11.3 Å². The fourth-order valence-corrected chi connectivity index (χ4v) is 3.16. The Kier molecular flexibility index (Phi) is 8.44. The Balaban J connectivity index is 2.22. The third kappa shape index (κ3) is 7.09. The van der Waals surface area contributed by atoms with E-state index in [1.54, 1.807) is 31.2 Å². The minimum Gasteiger partial charge on any atom is -0.497 e. The van der Waals surface area contributed by atoms with Crippen LogP contribution in [0.5, 0.6) is 11.5 Å². The fourth-order valence-electron chi connectivity index (χ4n) is 2.73. The molecule has 1 aromatic heterocycles. The number of carbonyl (C=O) groups excluding carboxylic acids is 1. The number of benzene rings is 1. The zero-order valence-electron chi connectivity index (χ0n) is 18.2. The molecule has 0 bridgehead atoms. The van der Waals surface area contributed by atoms with Gasteiger partial charge in [0.05, 0.1) is 56.8 Å². The zero-order chi connectivity index (χ0) is 23.9. The Morgan fingerprint density at radius 3 is 2.41 bits per heavy atom. The van der Waals surface area contributed by atoms with E-state index in [-0.39, 0.29) is 36.4 Å². The maximum absolute atomic E-state index is 13.7. The van der Waals surface area contributed by atoms with Crippen molar-refractivity contribution in [3.05, 3.63) is 51.9 Å². The summed E-state index contributed by atoms with van der Waals surface area (Å²) in [5, 5.41) is 2.78. The molecule has 1 unspecified atom stereocenters. The van der Waals surface area contributed by atoms with E-state index in [4.69, 9.17) is 14.2 Å². The van der Waals surface area contributed by atoms with Gasteiger partial charge in [0.15, 0.2) is 11.3 Å². The van der Waals surface area contributed by atoms with E-state index < -0.39 is 34.2 Å². The summed E-state index contributed by atoms with van der Waals surface area (Å²) in [6.07, 6.45) is -4.05. The Hall–Kier alpha value is -2.86. The van der Waals surface area contributed by atoms with Crippen LogP contribution in [-0.4, -0.2) is 58.6 Å². The molecule has 2 rings (SSSR count). The van der Waals surface area contributed by atoms with Gasteiger partial charge in [0.2, 0.25) is 0 Å². The lowest BCUT2D eigenvalue weighted by Crippen LogP contribution is -2.41. The molecule has 176 valence electrons. The number of nitrogens with zero attached hydrogens (tertiary/aromatic N) is 2. The van der Waals surface area contributed by atoms with E-state index in [1.807, 2.05) is 0 Å². The maximum atomic E-state index is 13.7. The highest BCUT2D eigenvalue weighted by Gasteiger charge is 2.40. The van der Waals surface area contributed by atoms with Gasteiger partial charge in [-0.3, -0.25) is 9.59 Å². The van der Waals surface area contributed by atoms with Gasteiger partial charge in [0, 0.05) is 0 Å². The SMILES string of the molecule is COC(=O)CCOCC(C)([SiH3])Oc1cnn(Cc2ccc(OC)cc2)c(=O)c1C(F)(F)F. The second kappa shape index (κ2) is 10.6. The van der Waals surface area contributed by atoms with Gasteiger partial charge in [-0.2, -0.15) is 18.3 Å². The van der Waals surface area contributed by atoms with Crippen molar-refractivity contribution in [2.45, 2.75) is 31.3 Å². The molecule has 0 amide bonds. The lowest BCUT2D eigenvalue weighted by atomic mass is 10.2. The van der Waals surface area contributed by atoms with Crippen molar-refractivity contribution >= 4 is 16.2 Å². The van der Waals surface area contributed by atoms with Crippen LogP contribution in [0.25, 0.3) is 0 Å². The van der Waals surface area contributed by atoms with Gasteiger partial charge in [-0.05, 0) is 24.6 Å². The predicted octanol–water partition coefficient (Wildman–Crippen LogP) is 1.36. The number of hydrogen-bond acceptors (Lipinski definition) is 7. The number of hydrogen-bond donors (Lipinski definition) is 0. The van der Waals surface area contributed by atoms with Crippen LogP contribution in [0, 0.1) is 0 Å². The number of rotatable bonds is 10. The molecule has 0 saturated carbocycles. The number of halogens is 3. The van der Waals surface area contributed by atoms with Crippen molar-refractivity contribution in [2.24, 2.45) is 0 Å². The molecule has 0 aliphatic rings. The molecule has 2 aromatic rings. The van der Waals surface area contributed by atoms with Crippen molar-refractivity contribution < 1.29 is 36.9 Å². The number of aromatic nitrogens is 2. The van der Waals surface area contributed by atoms with Gasteiger partial charge in [0.25, 0.3) is 5.56 Å². The molecule has 0 N–H and O–H groups in total. The predicted molar refractivity (Wildman–Crippen MR) is 112 cm³/mol. The number of carbonyl (C=O) groups is 1. The van der Waals surface area contributed by atoms with Crippen LogP contribution in [0.2, 0.25) is 0 Å². The highest BCUT2D eigenvalue weighted by molar-refractivity contribution is 6.14. The molecule has 0 saturated heterocycles. The molecule has 1 aromatic carbocycles. The van der Waals surface area contributed by atoms with Crippen LogP contribution in [-0.2, 0) is 27.0 Å². The normalized spacial score (nSPS) is 13.4. The molecule has 1 heterocycles. The molecule has 0 aliphatic heterocycles. The highest BCUT2D eigenvalue weighted by atomic mass is 28.1. The van der Waals surface area contributed by atoms with Gasteiger partial charge in [0.1, 0.15) is 11.0 Å². The molecule has 8 nitrogen and oxygen atoms in total. The van der Waals surface area contributed by atoms with E-state index in [1.165, 1.54) is 14.2 Å². The van der Waals surface area contributed by atoms with Crippen LogP contribution in [0.4, 0.5) is 13.2 Å². The monoisotopic (exact) mass is 474 g/mol. The van der Waals surface area contributed by atoms with Gasteiger partial charge in [-0.25, -0.2) is 4.68 Å². The molecule has 32 heavy (non-hydrogen) atoms. The molecular formula is C20H25F3N2O6Si. The Bertz CT molecular complexity index is 977. The van der Waals surface area contributed by atoms with Crippen molar-refractivity contribution in [1.82, 2.24) is 9.78 Å². The quantitative estimate of drug-likeness (QED) is 0.292. The van der Waals surface area contributed by atoms with Crippen LogP contribution < -0.4 is 15.0 Å². The van der Waals surface area contributed by atoms with Gasteiger partial charge in [-0.15, -0.1) is 0 Å². The first-order valence-corrected chi connectivity index (χ1v) is 10.6. The molecule has 12 heteroatoms. The maximum Gasteiger partial charge on any atom is 0.425 e. The minimum absolute atomic E-state index is 0.00486.